The fraction of sp³-hybridized carbons (Fsp3) is 0.526. The maximum atomic E-state index is 4.35. The van der Waals surface area contributed by atoms with Crippen molar-refractivity contribution in [2.24, 2.45) is 10.9 Å². The van der Waals surface area contributed by atoms with Crippen LogP contribution >= 0.6 is 0 Å². The number of benzene rings is 1. The number of nitrogens with zero attached hydrogens (tertiary/aromatic N) is 1. The van der Waals surface area contributed by atoms with Crippen molar-refractivity contribution in [3.05, 3.63) is 35.5 Å². The Balaban J connectivity index is 1.52. The molecule has 1 heterocycles. The van der Waals surface area contributed by atoms with E-state index in [1.807, 2.05) is 7.05 Å². The van der Waals surface area contributed by atoms with Gasteiger partial charge in [-0.05, 0) is 49.3 Å². The van der Waals surface area contributed by atoms with Gasteiger partial charge in [-0.15, -0.1) is 0 Å². The minimum absolute atomic E-state index is 0.622. The topological polar surface area (TPSA) is 52.2 Å². The lowest BCUT2D eigenvalue weighted by Gasteiger charge is -2.11. The van der Waals surface area contributed by atoms with Crippen LogP contribution in [0.25, 0.3) is 10.9 Å². The number of nitrogens with one attached hydrogen (secondary N) is 3. The molecule has 1 aliphatic rings. The van der Waals surface area contributed by atoms with E-state index in [1.54, 1.807) is 0 Å². The molecule has 3 rings (SSSR count). The quantitative estimate of drug-likeness (QED) is 0.566. The average molecular weight is 312 g/mol. The molecule has 2 unspecified atom stereocenters. The van der Waals surface area contributed by atoms with Crippen LogP contribution < -0.4 is 10.6 Å². The van der Waals surface area contributed by atoms with Crippen LogP contribution in [0.1, 0.15) is 37.3 Å². The van der Waals surface area contributed by atoms with Crippen molar-refractivity contribution < 1.29 is 0 Å². The summed E-state index contributed by atoms with van der Waals surface area (Å²) in [6.45, 7) is 5.33. The van der Waals surface area contributed by atoms with E-state index in [0.29, 0.717) is 6.04 Å². The number of guanidine groups is 1. The maximum Gasteiger partial charge on any atom is 0.191 e. The summed E-state index contributed by atoms with van der Waals surface area (Å²) in [6.07, 6.45) is 7.01. The van der Waals surface area contributed by atoms with E-state index < -0.39 is 0 Å². The third kappa shape index (κ3) is 3.69. The lowest BCUT2D eigenvalue weighted by atomic mass is 10.1. The number of aromatic nitrogens is 1. The molecule has 0 bridgehead atoms. The molecule has 0 saturated heterocycles. The van der Waals surface area contributed by atoms with Crippen molar-refractivity contribution in [3.8, 4) is 0 Å². The SMILES string of the molecule is CCCC1CC1NC(=NC)NCCc1c[nH]c2cccc(C)c12. The van der Waals surface area contributed by atoms with Gasteiger partial charge in [0.25, 0.3) is 0 Å². The molecule has 2 atom stereocenters. The van der Waals surface area contributed by atoms with Crippen LogP contribution in [-0.2, 0) is 6.42 Å². The van der Waals surface area contributed by atoms with Crippen LogP contribution in [0.5, 0.6) is 0 Å². The second-order valence-electron chi connectivity index (χ2n) is 6.60. The van der Waals surface area contributed by atoms with Crippen molar-refractivity contribution in [2.45, 2.75) is 45.6 Å². The van der Waals surface area contributed by atoms with Crippen LogP contribution in [0.15, 0.2) is 29.4 Å². The minimum Gasteiger partial charge on any atom is -0.361 e. The molecule has 0 radical (unpaired) electrons. The zero-order valence-electron chi connectivity index (χ0n) is 14.4. The summed E-state index contributed by atoms with van der Waals surface area (Å²) in [5, 5.41) is 8.35. The standard InChI is InChI=1S/C19H28N4/c1-4-6-14-11-17(14)23-19(20-3)21-10-9-15-12-22-16-8-5-7-13(2)18(15)16/h5,7-8,12,14,17,22H,4,6,9-11H2,1-3H3,(H2,20,21,23). The van der Waals surface area contributed by atoms with Crippen LogP contribution in [0.4, 0.5) is 0 Å². The van der Waals surface area contributed by atoms with Gasteiger partial charge in [0.2, 0.25) is 0 Å². The van der Waals surface area contributed by atoms with E-state index in [9.17, 15) is 0 Å². The van der Waals surface area contributed by atoms with E-state index in [0.717, 1.165) is 24.8 Å². The molecular weight excluding hydrogens is 284 g/mol. The van der Waals surface area contributed by atoms with Crippen molar-refractivity contribution in [1.82, 2.24) is 15.6 Å². The zero-order valence-corrected chi connectivity index (χ0v) is 14.4. The molecule has 23 heavy (non-hydrogen) atoms. The Bertz CT molecular complexity index is 686. The van der Waals surface area contributed by atoms with Crippen LogP contribution in [0.3, 0.4) is 0 Å². The van der Waals surface area contributed by atoms with Gasteiger partial charge in [-0.25, -0.2) is 0 Å². The maximum absolute atomic E-state index is 4.35. The first-order chi connectivity index (χ1) is 11.2. The largest absolute Gasteiger partial charge is 0.361 e. The van der Waals surface area contributed by atoms with E-state index in [1.165, 1.54) is 41.3 Å². The molecule has 0 spiro atoms. The monoisotopic (exact) mass is 312 g/mol. The number of hydrogen-bond acceptors (Lipinski definition) is 1. The molecular formula is C19H28N4. The second kappa shape index (κ2) is 7.07. The molecule has 1 fully saturated rings. The van der Waals surface area contributed by atoms with E-state index in [4.69, 9.17) is 0 Å². The normalized spacial score (nSPS) is 20.7. The van der Waals surface area contributed by atoms with Gasteiger partial charge in [-0.3, -0.25) is 4.99 Å². The first-order valence-corrected chi connectivity index (χ1v) is 8.75. The average Bonchev–Trinajstić information content (AvgIpc) is 3.13. The highest BCUT2D eigenvalue weighted by Crippen LogP contribution is 2.34. The minimum atomic E-state index is 0.622. The predicted molar refractivity (Wildman–Crippen MR) is 98.0 cm³/mol. The Hall–Kier alpha value is -1.97. The second-order valence-corrected chi connectivity index (χ2v) is 6.60. The smallest absolute Gasteiger partial charge is 0.191 e. The Morgan fingerprint density at radius 3 is 3.04 bits per heavy atom. The summed E-state index contributed by atoms with van der Waals surface area (Å²) in [7, 11) is 1.85. The molecule has 1 aliphatic carbocycles. The van der Waals surface area contributed by atoms with Gasteiger partial charge in [-0.2, -0.15) is 0 Å². The van der Waals surface area contributed by atoms with Gasteiger partial charge in [-0.1, -0.05) is 25.5 Å². The molecule has 1 saturated carbocycles. The lowest BCUT2D eigenvalue weighted by molar-refractivity contribution is 0.655. The number of hydrogen-bond donors (Lipinski definition) is 3. The molecule has 4 heteroatoms. The van der Waals surface area contributed by atoms with Gasteiger partial charge < -0.3 is 15.6 Å². The number of aliphatic imine (C=N–C) groups is 1. The molecule has 0 aliphatic heterocycles. The summed E-state index contributed by atoms with van der Waals surface area (Å²) >= 11 is 0. The number of rotatable bonds is 6. The van der Waals surface area contributed by atoms with Crippen LogP contribution in [0, 0.1) is 12.8 Å². The van der Waals surface area contributed by atoms with Crippen molar-refractivity contribution in [2.75, 3.05) is 13.6 Å². The Morgan fingerprint density at radius 2 is 2.26 bits per heavy atom. The third-order valence-electron chi connectivity index (χ3n) is 4.81. The van der Waals surface area contributed by atoms with E-state index in [2.05, 4.69) is 58.9 Å². The van der Waals surface area contributed by atoms with Gasteiger partial charge >= 0.3 is 0 Å². The van der Waals surface area contributed by atoms with Crippen molar-refractivity contribution in [1.29, 1.82) is 0 Å². The molecule has 0 amide bonds. The summed E-state index contributed by atoms with van der Waals surface area (Å²) in [5.41, 5.74) is 3.93. The molecule has 124 valence electrons. The number of aryl methyl sites for hydroxylation is 1. The molecule has 2 aromatic rings. The lowest BCUT2D eigenvalue weighted by Crippen LogP contribution is -2.40. The predicted octanol–water partition coefficient (Wildman–Crippen LogP) is 3.37. The molecule has 1 aromatic heterocycles. The highest BCUT2D eigenvalue weighted by molar-refractivity contribution is 5.86. The van der Waals surface area contributed by atoms with Gasteiger partial charge in [0.15, 0.2) is 5.96 Å². The molecule has 1 aromatic carbocycles. The number of H-pyrrole nitrogens is 1. The van der Waals surface area contributed by atoms with Gasteiger partial charge in [0.1, 0.15) is 0 Å². The molecule has 4 nitrogen and oxygen atoms in total. The highest BCUT2D eigenvalue weighted by atomic mass is 15.2. The van der Waals surface area contributed by atoms with Gasteiger partial charge in [0, 0.05) is 36.7 Å². The van der Waals surface area contributed by atoms with Crippen LogP contribution in [-0.4, -0.2) is 30.6 Å². The fourth-order valence-electron chi connectivity index (χ4n) is 3.45. The third-order valence-corrected chi connectivity index (χ3v) is 4.81. The summed E-state index contributed by atoms with van der Waals surface area (Å²) in [4.78, 5) is 7.72. The van der Waals surface area contributed by atoms with Crippen molar-refractivity contribution in [3.63, 3.8) is 0 Å². The van der Waals surface area contributed by atoms with E-state index >= 15 is 0 Å². The summed E-state index contributed by atoms with van der Waals surface area (Å²) in [6, 6.07) is 7.04. The Morgan fingerprint density at radius 1 is 1.39 bits per heavy atom. The highest BCUT2D eigenvalue weighted by Gasteiger charge is 2.36. The van der Waals surface area contributed by atoms with E-state index in [-0.39, 0.29) is 0 Å². The fourth-order valence-corrected chi connectivity index (χ4v) is 3.45. The number of aromatic amines is 1. The van der Waals surface area contributed by atoms with Crippen molar-refractivity contribution >= 4 is 16.9 Å². The first-order valence-electron chi connectivity index (χ1n) is 8.75. The Kier molecular flexibility index (Phi) is 4.89. The zero-order chi connectivity index (χ0) is 16.2. The summed E-state index contributed by atoms with van der Waals surface area (Å²) in [5.74, 6) is 1.78. The summed E-state index contributed by atoms with van der Waals surface area (Å²) < 4.78 is 0. The van der Waals surface area contributed by atoms with Crippen LogP contribution in [0.2, 0.25) is 0 Å². The van der Waals surface area contributed by atoms with Gasteiger partial charge in [0.05, 0.1) is 0 Å². The molecule has 3 N–H and O–H groups in total. The first kappa shape index (κ1) is 15.9. The number of fused-ring (bicyclic) bond motifs is 1. The Labute approximate surface area is 138 Å².